The van der Waals surface area contributed by atoms with Crippen molar-refractivity contribution in [3.8, 4) is 0 Å². The zero-order valence-corrected chi connectivity index (χ0v) is 13.6. The molecule has 4 aliphatic rings. The minimum atomic E-state index is 0.395. The molecular weight excluding hydrogens is 352 g/mol. The number of halogens is 2. The summed E-state index contributed by atoms with van der Waals surface area (Å²) in [5, 5.41) is 0. The summed E-state index contributed by atoms with van der Waals surface area (Å²) in [5.41, 5.74) is 2.00. The Morgan fingerprint density at radius 2 is 1.44 bits per heavy atom. The first kappa shape index (κ1) is 12.0. The monoisotopic (exact) mass is 368 g/mol. The van der Waals surface area contributed by atoms with Gasteiger partial charge in [0.25, 0.3) is 0 Å². The first-order valence-corrected chi connectivity index (χ1v) is 8.53. The predicted molar refractivity (Wildman–Crippen MR) is 82.6 cm³/mol. The first-order valence-electron chi connectivity index (χ1n) is 6.95. The van der Waals surface area contributed by atoms with Gasteiger partial charge in [-0.15, -0.1) is 0 Å². The van der Waals surface area contributed by atoms with Gasteiger partial charge in [-0.2, -0.15) is 0 Å². The van der Waals surface area contributed by atoms with Crippen molar-refractivity contribution in [3.63, 3.8) is 0 Å². The molecule has 0 aromatic heterocycles. The minimum absolute atomic E-state index is 0.395. The molecule has 0 radical (unpaired) electrons. The van der Waals surface area contributed by atoms with Crippen molar-refractivity contribution >= 4 is 31.9 Å². The molecule has 1 aromatic rings. The van der Waals surface area contributed by atoms with E-state index in [1.54, 1.807) is 5.56 Å². The molecule has 4 fully saturated rings. The smallest absolute Gasteiger partial charge is 0.0282 e. The third-order valence-corrected chi connectivity index (χ3v) is 7.09. The highest BCUT2D eigenvalue weighted by atomic mass is 79.9. The molecule has 4 atom stereocenters. The molecule has 4 saturated carbocycles. The number of hydrogen-bond donors (Lipinski definition) is 0. The second-order valence-corrected chi connectivity index (χ2v) is 10.3. The van der Waals surface area contributed by atoms with Gasteiger partial charge in [0.15, 0.2) is 0 Å². The molecule has 0 saturated heterocycles. The summed E-state index contributed by atoms with van der Waals surface area (Å²) in [6, 6.07) is 11.2. The quantitative estimate of drug-likeness (QED) is 0.597. The van der Waals surface area contributed by atoms with E-state index in [2.05, 4.69) is 62.2 Å². The van der Waals surface area contributed by atoms with Gasteiger partial charge < -0.3 is 0 Å². The lowest BCUT2D eigenvalue weighted by molar-refractivity contribution is 0.0358. The Labute approximate surface area is 126 Å². The Bertz CT molecular complexity index is 463. The Kier molecular flexibility index (Phi) is 2.41. The summed E-state index contributed by atoms with van der Waals surface area (Å²) in [6.07, 6.45) is 8.13. The van der Waals surface area contributed by atoms with Gasteiger partial charge in [-0.3, -0.25) is 0 Å². The van der Waals surface area contributed by atoms with Gasteiger partial charge in [0, 0.05) is 8.65 Å². The van der Waals surface area contributed by atoms with Crippen LogP contribution in [0.25, 0.3) is 0 Å². The van der Waals surface area contributed by atoms with E-state index in [1.807, 2.05) is 0 Å². The Hall–Kier alpha value is 0.180. The van der Waals surface area contributed by atoms with Crippen LogP contribution < -0.4 is 0 Å². The van der Waals surface area contributed by atoms with Crippen LogP contribution in [-0.4, -0.2) is 8.65 Å². The lowest BCUT2D eigenvalue weighted by atomic mass is 9.48. The van der Waals surface area contributed by atoms with E-state index in [4.69, 9.17) is 0 Å². The van der Waals surface area contributed by atoms with Crippen molar-refractivity contribution in [2.75, 3.05) is 0 Å². The molecule has 0 spiro atoms. The highest BCUT2D eigenvalue weighted by Crippen LogP contribution is 2.68. The Morgan fingerprint density at radius 3 is 2.00 bits per heavy atom. The topological polar surface area (TPSA) is 0 Å². The molecule has 5 rings (SSSR count). The summed E-state index contributed by atoms with van der Waals surface area (Å²) in [6.45, 7) is 0. The molecule has 0 aliphatic heterocycles. The van der Waals surface area contributed by atoms with Crippen LogP contribution in [0.2, 0.25) is 0 Å². The zero-order valence-electron chi connectivity index (χ0n) is 10.5. The average Bonchev–Trinajstić information content (AvgIpc) is 2.25. The van der Waals surface area contributed by atoms with E-state index in [-0.39, 0.29) is 0 Å². The Morgan fingerprint density at radius 1 is 0.833 bits per heavy atom. The third-order valence-electron chi connectivity index (χ3n) is 5.32. The molecule has 0 heterocycles. The fourth-order valence-electron chi connectivity index (χ4n) is 5.32. The molecule has 2 heteroatoms. The van der Waals surface area contributed by atoms with Gasteiger partial charge in [-0.1, -0.05) is 62.2 Å². The maximum absolute atomic E-state index is 4.10. The molecule has 96 valence electrons. The van der Waals surface area contributed by atoms with Crippen LogP contribution in [0, 0.1) is 5.92 Å². The van der Waals surface area contributed by atoms with E-state index in [0.717, 1.165) is 5.92 Å². The summed E-state index contributed by atoms with van der Waals surface area (Å²) in [5.74, 6) is 0.903. The van der Waals surface area contributed by atoms with E-state index in [1.165, 1.54) is 38.5 Å². The van der Waals surface area contributed by atoms with Gasteiger partial charge in [-0.05, 0) is 55.4 Å². The second-order valence-electron chi connectivity index (χ2n) is 6.96. The Balaban J connectivity index is 1.83. The largest absolute Gasteiger partial charge is 0.0852 e. The molecule has 0 N–H and O–H groups in total. The fraction of sp³-hybridized carbons (Fsp3) is 0.625. The normalized spacial score (nSPS) is 49.6. The van der Waals surface area contributed by atoms with Crippen LogP contribution in [0.15, 0.2) is 30.3 Å². The summed E-state index contributed by atoms with van der Waals surface area (Å²) >= 11 is 8.19. The van der Waals surface area contributed by atoms with Gasteiger partial charge in [0.1, 0.15) is 0 Å². The molecule has 1 aromatic carbocycles. The molecule has 0 amide bonds. The maximum atomic E-state index is 4.10. The van der Waals surface area contributed by atoms with Crippen LogP contribution in [0.4, 0.5) is 0 Å². The van der Waals surface area contributed by atoms with Crippen molar-refractivity contribution in [1.82, 2.24) is 0 Å². The number of alkyl halides is 2. The van der Waals surface area contributed by atoms with Crippen molar-refractivity contribution in [2.24, 2.45) is 5.92 Å². The number of hydrogen-bond acceptors (Lipinski definition) is 0. The highest BCUT2D eigenvalue weighted by Gasteiger charge is 2.62. The summed E-state index contributed by atoms with van der Waals surface area (Å²) in [7, 11) is 0. The van der Waals surface area contributed by atoms with Gasteiger partial charge >= 0.3 is 0 Å². The summed E-state index contributed by atoms with van der Waals surface area (Å²) < 4.78 is 0.789. The summed E-state index contributed by atoms with van der Waals surface area (Å²) in [4.78, 5) is 0. The van der Waals surface area contributed by atoms with E-state index >= 15 is 0 Å². The predicted octanol–water partition coefficient (Wildman–Crippen LogP) is 5.19. The van der Waals surface area contributed by atoms with E-state index in [9.17, 15) is 0 Å². The molecule has 18 heavy (non-hydrogen) atoms. The molecule has 4 aliphatic carbocycles. The minimum Gasteiger partial charge on any atom is -0.0852 e. The number of rotatable bonds is 1. The average molecular weight is 370 g/mol. The van der Waals surface area contributed by atoms with Gasteiger partial charge in [0.2, 0.25) is 0 Å². The SMILES string of the molecule is Br[C@]12CC3CC(c4ccccc4)(C1)C[C@@](Br)(C3)C2. The van der Waals surface area contributed by atoms with Crippen molar-refractivity contribution in [3.05, 3.63) is 35.9 Å². The third kappa shape index (κ3) is 1.67. The molecular formula is C16H18Br2. The van der Waals surface area contributed by atoms with Crippen LogP contribution in [0.1, 0.15) is 44.1 Å². The molecule has 4 bridgehead atoms. The lowest BCUT2D eigenvalue weighted by Gasteiger charge is -2.63. The molecule has 0 nitrogen and oxygen atoms in total. The lowest BCUT2D eigenvalue weighted by Crippen LogP contribution is -2.60. The maximum Gasteiger partial charge on any atom is 0.0282 e. The van der Waals surface area contributed by atoms with E-state index in [0.29, 0.717) is 14.1 Å². The first-order chi connectivity index (χ1) is 8.51. The zero-order chi connectivity index (χ0) is 12.4. The fourth-order valence-corrected chi connectivity index (χ4v) is 8.76. The van der Waals surface area contributed by atoms with E-state index < -0.39 is 0 Å². The number of benzene rings is 1. The van der Waals surface area contributed by atoms with Crippen LogP contribution in [-0.2, 0) is 5.41 Å². The van der Waals surface area contributed by atoms with Crippen LogP contribution in [0.3, 0.4) is 0 Å². The van der Waals surface area contributed by atoms with Crippen molar-refractivity contribution < 1.29 is 0 Å². The van der Waals surface area contributed by atoms with Crippen molar-refractivity contribution in [2.45, 2.75) is 52.6 Å². The second kappa shape index (κ2) is 3.63. The van der Waals surface area contributed by atoms with Gasteiger partial charge in [-0.25, -0.2) is 0 Å². The molecule has 2 unspecified atom stereocenters. The van der Waals surface area contributed by atoms with Gasteiger partial charge in [0.05, 0.1) is 0 Å². The van der Waals surface area contributed by atoms with Crippen LogP contribution in [0.5, 0.6) is 0 Å². The van der Waals surface area contributed by atoms with Crippen molar-refractivity contribution in [1.29, 1.82) is 0 Å². The highest BCUT2D eigenvalue weighted by molar-refractivity contribution is 9.10. The van der Waals surface area contributed by atoms with Crippen LogP contribution >= 0.6 is 31.9 Å². The standard InChI is InChI=1S/C16H18Br2/c17-15-7-12-6-14(9-15,10-16(18,8-12)11-15)13-4-2-1-3-5-13/h1-5,12H,6-11H2/t12?,14?,15-,16+.